The van der Waals surface area contributed by atoms with Gasteiger partial charge in [0.1, 0.15) is 0 Å². The minimum Gasteiger partial charge on any atom is -0.452 e. The maximum atomic E-state index is 11.7. The second-order valence-electron chi connectivity index (χ2n) is 3.26. The van der Waals surface area contributed by atoms with Gasteiger partial charge in [0.25, 0.3) is 0 Å². The molecule has 0 spiro atoms. The van der Waals surface area contributed by atoms with Crippen molar-refractivity contribution in [3.8, 4) is 0 Å². The Balaban J connectivity index is 2.71. The lowest BCUT2D eigenvalue weighted by Gasteiger charge is -2.32. The number of nitrogens with one attached hydrogen (secondary N) is 2. The molecule has 0 aromatic carbocycles. The number of methoxy groups -OCH3 is 1. The van der Waals surface area contributed by atoms with Crippen LogP contribution in [0.4, 0.5) is 4.79 Å². The zero-order valence-corrected chi connectivity index (χ0v) is 9.50. The van der Waals surface area contributed by atoms with Gasteiger partial charge in [0.05, 0.1) is 7.11 Å². The molecule has 2 N–H and O–H groups in total. The Kier molecular flexibility index (Phi) is 3.89. The van der Waals surface area contributed by atoms with E-state index in [2.05, 4.69) is 10.1 Å². The van der Waals surface area contributed by atoms with Crippen LogP contribution in [0.5, 0.6) is 0 Å². The third-order valence-electron chi connectivity index (χ3n) is 2.15. The summed E-state index contributed by atoms with van der Waals surface area (Å²) in [5.41, 5.74) is 0. The number of carbonyl (C=O) groups excluding carboxylic acids is 1. The average Bonchev–Trinajstić information content (AvgIpc) is 2.17. The molecule has 0 aliphatic carbocycles. The van der Waals surface area contributed by atoms with Gasteiger partial charge < -0.3 is 10.1 Å². The molecule has 0 saturated carbocycles. The number of nitrogens with zero attached hydrogens (tertiary/aromatic N) is 1. The van der Waals surface area contributed by atoms with Crippen LogP contribution >= 0.6 is 0 Å². The zero-order valence-electron chi connectivity index (χ0n) is 8.69. The maximum absolute atomic E-state index is 11.7. The fourth-order valence-corrected chi connectivity index (χ4v) is 2.68. The van der Waals surface area contributed by atoms with Crippen LogP contribution in [-0.2, 0) is 14.9 Å². The summed E-state index contributed by atoms with van der Waals surface area (Å²) in [6.45, 7) is 3.25. The van der Waals surface area contributed by atoms with Gasteiger partial charge in [0.2, 0.25) is 0 Å². The normalized spacial score (nSPS) is 23.5. The Bertz CT molecular complexity index is 329. The zero-order chi connectivity index (χ0) is 11.5. The maximum Gasteiger partial charge on any atom is 0.421 e. The molecule has 1 unspecified atom stereocenters. The number of amides is 1. The first-order valence-corrected chi connectivity index (χ1v) is 5.99. The summed E-state index contributed by atoms with van der Waals surface area (Å²) in [6.07, 6.45) is -0.972. The Morgan fingerprint density at radius 3 is 2.80 bits per heavy atom. The van der Waals surface area contributed by atoms with Gasteiger partial charge in [-0.25, -0.2) is 9.52 Å². The molecule has 15 heavy (non-hydrogen) atoms. The first-order valence-electron chi connectivity index (χ1n) is 4.55. The Morgan fingerprint density at radius 2 is 2.27 bits per heavy atom. The van der Waals surface area contributed by atoms with E-state index in [1.807, 2.05) is 4.72 Å². The Hall–Kier alpha value is -0.860. The molecule has 0 aromatic rings. The van der Waals surface area contributed by atoms with E-state index in [1.54, 1.807) is 6.92 Å². The van der Waals surface area contributed by atoms with Crippen molar-refractivity contribution in [2.24, 2.45) is 0 Å². The van der Waals surface area contributed by atoms with Crippen LogP contribution in [0.15, 0.2) is 0 Å². The van der Waals surface area contributed by atoms with Crippen molar-refractivity contribution in [3.63, 3.8) is 0 Å². The van der Waals surface area contributed by atoms with E-state index < -0.39 is 16.3 Å². The van der Waals surface area contributed by atoms with Crippen molar-refractivity contribution in [1.29, 1.82) is 0 Å². The molecular weight excluding hydrogens is 222 g/mol. The van der Waals surface area contributed by atoms with Crippen molar-refractivity contribution >= 4 is 16.3 Å². The Morgan fingerprint density at radius 1 is 1.60 bits per heavy atom. The van der Waals surface area contributed by atoms with Crippen molar-refractivity contribution in [3.05, 3.63) is 0 Å². The predicted octanol–water partition coefficient (Wildman–Crippen LogP) is -1.12. The second kappa shape index (κ2) is 4.77. The van der Waals surface area contributed by atoms with Gasteiger partial charge in [-0.15, -0.1) is 0 Å². The highest BCUT2D eigenvalue weighted by atomic mass is 32.2. The number of rotatable bonds is 2. The van der Waals surface area contributed by atoms with Crippen molar-refractivity contribution in [2.75, 3.05) is 26.7 Å². The molecule has 1 rings (SSSR count). The minimum absolute atomic E-state index is 0.180. The van der Waals surface area contributed by atoms with E-state index in [0.29, 0.717) is 19.6 Å². The minimum atomic E-state index is -3.78. The highest BCUT2D eigenvalue weighted by Crippen LogP contribution is 2.07. The molecule has 88 valence electrons. The highest BCUT2D eigenvalue weighted by molar-refractivity contribution is 7.87. The topological polar surface area (TPSA) is 87.7 Å². The van der Waals surface area contributed by atoms with Gasteiger partial charge in [-0.1, -0.05) is 0 Å². The summed E-state index contributed by atoms with van der Waals surface area (Å²) in [5.74, 6) is 0. The van der Waals surface area contributed by atoms with Gasteiger partial charge in [0, 0.05) is 25.7 Å². The van der Waals surface area contributed by atoms with Gasteiger partial charge >= 0.3 is 16.3 Å². The van der Waals surface area contributed by atoms with Gasteiger partial charge in [-0.05, 0) is 6.92 Å². The lowest BCUT2D eigenvalue weighted by atomic mass is 10.3. The molecule has 7 nitrogen and oxygen atoms in total. The van der Waals surface area contributed by atoms with Gasteiger partial charge in [-0.2, -0.15) is 12.7 Å². The van der Waals surface area contributed by atoms with Crippen LogP contribution in [0.3, 0.4) is 0 Å². The van der Waals surface area contributed by atoms with Crippen molar-refractivity contribution in [2.45, 2.75) is 13.0 Å². The van der Waals surface area contributed by atoms with E-state index in [9.17, 15) is 13.2 Å². The fourth-order valence-electron chi connectivity index (χ4n) is 1.39. The molecule has 1 heterocycles. The number of hydrogen-bond acceptors (Lipinski definition) is 5. The molecule has 1 fully saturated rings. The molecule has 8 heteroatoms. The number of ether oxygens (including phenoxy) is 1. The molecular formula is C7H15N3O4S. The first-order chi connectivity index (χ1) is 6.97. The van der Waals surface area contributed by atoms with Crippen LogP contribution < -0.4 is 10.0 Å². The molecule has 0 bridgehead atoms. The molecule has 1 aliphatic heterocycles. The number of piperazine rings is 1. The fraction of sp³-hybridized carbons (Fsp3) is 0.857. The van der Waals surface area contributed by atoms with Crippen LogP contribution in [0.25, 0.3) is 0 Å². The summed E-state index contributed by atoms with van der Waals surface area (Å²) >= 11 is 0. The SMILES string of the molecule is COC(=O)NS(=O)(=O)N1CCNCC1C. The lowest BCUT2D eigenvalue weighted by molar-refractivity contribution is 0.176. The number of carbonyl (C=O) groups is 1. The molecule has 0 aromatic heterocycles. The van der Waals surface area contributed by atoms with Gasteiger partial charge in [0.15, 0.2) is 0 Å². The molecule has 1 saturated heterocycles. The van der Waals surface area contributed by atoms with Crippen molar-refractivity contribution < 1.29 is 17.9 Å². The average molecular weight is 237 g/mol. The van der Waals surface area contributed by atoms with E-state index >= 15 is 0 Å². The lowest BCUT2D eigenvalue weighted by Crippen LogP contribution is -2.56. The van der Waals surface area contributed by atoms with Crippen LogP contribution in [0.2, 0.25) is 0 Å². The standard InChI is InChI=1S/C7H15N3O4S/c1-6-5-8-3-4-10(6)15(12,13)9-7(11)14-2/h6,8H,3-5H2,1-2H3,(H,9,11). The highest BCUT2D eigenvalue weighted by Gasteiger charge is 2.30. The predicted molar refractivity (Wildman–Crippen MR) is 53.5 cm³/mol. The van der Waals surface area contributed by atoms with E-state index in [1.165, 1.54) is 4.31 Å². The summed E-state index contributed by atoms with van der Waals surface area (Å²) in [7, 11) is -2.66. The van der Waals surface area contributed by atoms with Crippen LogP contribution in [0.1, 0.15) is 6.92 Å². The van der Waals surface area contributed by atoms with Gasteiger partial charge in [-0.3, -0.25) is 0 Å². The Labute approximate surface area is 89.0 Å². The molecule has 1 amide bonds. The third kappa shape index (κ3) is 3.05. The van der Waals surface area contributed by atoms with E-state index in [0.717, 1.165) is 7.11 Å². The summed E-state index contributed by atoms with van der Waals surface area (Å²) in [6, 6.07) is -0.180. The summed E-state index contributed by atoms with van der Waals surface area (Å²) in [4.78, 5) is 10.8. The second-order valence-corrected chi connectivity index (χ2v) is 4.89. The van der Waals surface area contributed by atoms with Crippen molar-refractivity contribution in [1.82, 2.24) is 14.3 Å². The van der Waals surface area contributed by atoms with E-state index in [4.69, 9.17) is 0 Å². The quantitative estimate of drug-likeness (QED) is 0.635. The van der Waals surface area contributed by atoms with Crippen LogP contribution in [-0.4, -0.2) is 51.6 Å². The first kappa shape index (κ1) is 12.2. The molecule has 0 radical (unpaired) electrons. The third-order valence-corrected chi connectivity index (χ3v) is 3.73. The molecule has 1 aliphatic rings. The monoisotopic (exact) mass is 237 g/mol. The largest absolute Gasteiger partial charge is 0.452 e. The summed E-state index contributed by atoms with van der Waals surface area (Å²) < 4.78 is 30.6. The van der Waals surface area contributed by atoms with Crippen LogP contribution in [0, 0.1) is 0 Å². The smallest absolute Gasteiger partial charge is 0.421 e. The summed E-state index contributed by atoms with van der Waals surface area (Å²) in [5, 5.41) is 3.05. The molecule has 1 atom stereocenters. The number of hydrogen-bond donors (Lipinski definition) is 2. The van der Waals surface area contributed by atoms with E-state index in [-0.39, 0.29) is 6.04 Å².